The Bertz CT molecular complexity index is 598. The van der Waals surface area contributed by atoms with Crippen molar-refractivity contribution >= 4 is 16.0 Å². The van der Waals surface area contributed by atoms with Gasteiger partial charge in [0.15, 0.2) is 0 Å². The lowest BCUT2D eigenvalue weighted by Gasteiger charge is -2.33. The van der Waals surface area contributed by atoms with Gasteiger partial charge in [-0.05, 0) is 38.7 Å². The molecule has 1 atom stereocenters. The summed E-state index contributed by atoms with van der Waals surface area (Å²) in [5, 5.41) is 0. The second-order valence-corrected chi connectivity index (χ2v) is 7.77. The van der Waals surface area contributed by atoms with Crippen LogP contribution in [0, 0.1) is 0 Å². The van der Waals surface area contributed by atoms with Crippen molar-refractivity contribution in [2.24, 2.45) is 0 Å². The Morgan fingerprint density at radius 3 is 2.59 bits per heavy atom. The summed E-state index contributed by atoms with van der Waals surface area (Å²) in [5.41, 5.74) is 0.726. The van der Waals surface area contributed by atoms with E-state index in [9.17, 15) is 13.2 Å². The van der Waals surface area contributed by atoms with Crippen LogP contribution in [0.5, 0.6) is 0 Å². The van der Waals surface area contributed by atoms with Gasteiger partial charge in [0.25, 0.3) is 0 Å². The molecule has 1 saturated heterocycles. The fourth-order valence-electron chi connectivity index (χ4n) is 2.65. The first-order valence-electron chi connectivity index (χ1n) is 7.64. The summed E-state index contributed by atoms with van der Waals surface area (Å²) < 4.78 is 31.9. The zero-order chi connectivity index (χ0) is 16.2. The third kappa shape index (κ3) is 4.30. The van der Waals surface area contributed by atoms with Gasteiger partial charge in [0.2, 0.25) is 10.0 Å². The minimum atomic E-state index is -3.53. The van der Waals surface area contributed by atoms with Gasteiger partial charge in [0.1, 0.15) is 6.04 Å². The number of esters is 1. The molecule has 1 aliphatic rings. The van der Waals surface area contributed by atoms with E-state index in [-0.39, 0.29) is 11.9 Å². The maximum atomic E-state index is 12.7. The van der Waals surface area contributed by atoms with E-state index in [1.807, 2.05) is 18.2 Å². The molecule has 1 unspecified atom stereocenters. The number of hydrogen-bond donors (Lipinski definition) is 0. The molecule has 122 valence electrons. The molecule has 0 spiro atoms. The van der Waals surface area contributed by atoms with Crippen molar-refractivity contribution in [2.75, 3.05) is 6.54 Å². The predicted molar refractivity (Wildman–Crippen MR) is 84.6 cm³/mol. The monoisotopic (exact) mass is 325 g/mol. The third-order valence-corrected chi connectivity index (χ3v) is 5.48. The van der Waals surface area contributed by atoms with Crippen LogP contribution in [0.1, 0.15) is 38.7 Å². The molecular weight excluding hydrogens is 302 g/mol. The highest BCUT2D eigenvalue weighted by atomic mass is 32.2. The van der Waals surface area contributed by atoms with Crippen molar-refractivity contribution in [3.8, 4) is 0 Å². The number of rotatable bonds is 5. The number of carbonyl (C=O) groups excluding carboxylic acids is 1. The zero-order valence-corrected chi connectivity index (χ0v) is 13.9. The Hall–Kier alpha value is -1.40. The first kappa shape index (κ1) is 17.0. The highest BCUT2D eigenvalue weighted by molar-refractivity contribution is 7.88. The lowest BCUT2D eigenvalue weighted by atomic mass is 10.1. The van der Waals surface area contributed by atoms with E-state index in [0.29, 0.717) is 13.0 Å². The van der Waals surface area contributed by atoms with Crippen LogP contribution in [0.3, 0.4) is 0 Å². The zero-order valence-electron chi connectivity index (χ0n) is 13.1. The van der Waals surface area contributed by atoms with Gasteiger partial charge in [-0.1, -0.05) is 30.3 Å². The van der Waals surface area contributed by atoms with Gasteiger partial charge in [-0.2, -0.15) is 4.31 Å². The highest BCUT2D eigenvalue weighted by Gasteiger charge is 2.37. The quantitative estimate of drug-likeness (QED) is 0.779. The van der Waals surface area contributed by atoms with E-state index in [4.69, 9.17) is 4.74 Å². The van der Waals surface area contributed by atoms with Gasteiger partial charge in [0.05, 0.1) is 11.9 Å². The molecule has 6 heteroatoms. The minimum Gasteiger partial charge on any atom is -0.462 e. The molecular formula is C16H23NO4S. The predicted octanol–water partition coefficient (Wildman–Crippen LogP) is 2.32. The van der Waals surface area contributed by atoms with Crippen LogP contribution in [-0.4, -0.2) is 37.4 Å². The fraction of sp³-hybridized carbons (Fsp3) is 0.562. The Morgan fingerprint density at radius 1 is 1.27 bits per heavy atom. The first-order valence-corrected chi connectivity index (χ1v) is 9.25. The lowest BCUT2D eigenvalue weighted by molar-refractivity contribution is -0.153. The van der Waals surface area contributed by atoms with Crippen LogP contribution in [-0.2, 0) is 25.3 Å². The average Bonchev–Trinajstić information content (AvgIpc) is 2.47. The number of piperidine rings is 1. The Morgan fingerprint density at radius 2 is 1.95 bits per heavy atom. The van der Waals surface area contributed by atoms with Crippen LogP contribution in [0.15, 0.2) is 30.3 Å². The molecule has 1 fully saturated rings. The number of benzene rings is 1. The van der Waals surface area contributed by atoms with E-state index in [1.165, 1.54) is 4.31 Å². The van der Waals surface area contributed by atoms with E-state index in [0.717, 1.165) is 18.4 Å². The summed E-state index contributed by atoms with van der Waals surface area (Å²) in [5.74, 6) is -0.523. The van der Waals surface area contributed by atoms with Gasteiger partial charge in [-0.3, -0.25) is 4.79 Å². The Kier molecular flexibility index (Phi) is 5.58. The van der Waals surface area contributed by atoms with Crippen molar-refractivity contribution in [3.05, 3.63) is 35.9 Å². The van der Waals surface area contributed by atoms with Crippen molar-refractivity contribution in [2.45, 2.75) is 51.0 Å². The number of sulfonamides is 1. The number of nitrogens with zero attached hydrogens (tertiary/aromatic N) is 1. The summed E-state index contributed by atoms with van der Waals surface area (Å²) in [6.07, 6.45) is 1.90. The minimum absolute atomic E-state index is 0.0840. The first-order chi connectivity index (χ1) is 10.4. The second kappa shape index (κ2) is 7.24. The van der Waals surface area contributed by atoms with Gasteiger partial charge in [-0.15, -0.1) is 0 Å². The molecule has 0 saturated carbocycles. The molecule has 1 heterocycles. The van der Waals surface area contributed by atoms with Gasteiger partial charge in [0, 0.05) is 6.54 Å². The van der Waals surface area contributed by atoms with Crippen LogP contribution < -0.4 is 0 Å². The molecule has 0 amide bonds. The molecule has 0 N–H and O–H groups in total. The molecule has 1 aliphatic heterocycles. The van der Waals surface area contributed by atoms with Crippen molar-refractivity contribution in [3.63, 3.8) is 0 Å². The molecule has 0 radical (unpaired) electrons. The molecule has 0 aliphatic carbocycles. The highest BCUT2D eigenvalue weighted by Crippen LogP contribution is 2.24. The largest absolute Gasteiger partial charge is 0.462 e. The topological polar surface area (TPSA) is 63.7 Å². The Balaban J connectivity index is 2.17. The number of ether oxygens (including phenoxy) is 1. The van der Waals surface area contributed by atoms with E-state index < -0.39 is 22.0 Å². The SMILES string of the molecule is CC(C)OC(=O)C1CCCCN1S(=O)(=O)Cc1ccccc1. The van der Waals surface area contributed by atoms with E-state index in [2.05, 4.69) is 0 Å². The number of carbonyl (C=O) groups is 1. The summed E-state index contributed by atoms with van der Waals surface area (Å²) in [6, 6.07) is 8.34. The summed E-state index contributed by atoms with van der Waals surface area (Å²) in [7, 11) is -3.53. The van der Waals surface area contributed by atoms with E-state index >= 15 is 0 Å². The van der Waals surface area contributed by atoms with Crippen LogP contribution in [0.4, 0.5) is 0 Å². The third-order valence-electron chi connectivity index (χ3n) is 3.63. The summed E-state index contributed by atoms with van der Waals surface area (Å²) in [4.78, 5) is 12.2. The maximum Gasteiger partial charge on any atom is 0.324 e. The maximum absolute atomic E-state index is 12.7. The van der Waals surface area contributed by atoms with Crippen LogP contribution in [0.25, 0.3) is 0 Å². The van der Waals surface area contributed by atoms with Crippen molar-refractivity contribution in [1.29, 1.82) is 0 Å². The van der Waals surface area contributed by atoms with Crippen molar-refractivity contribution < 1.29 is 17.9 Å². The Labute approximate surface area is 132 Å². The van der Waals surface area contributed by atoms with Crippen LogP contribution >= 0.6 is 0 Å². The van der Waals surface area contributed by atoms with Gasteiger partial charge < -0.3 is 4.74 Å². The normalized spacial score (nSPS) is 20.0. The second-order valence-electron chi connectivity index (χ2n) is 5.85. The summed E-state index contributed by atoms with van der Waals surface area (Å²) in [6.45, 7) is 3.92. The standard InChI is InChI=1S/C16H23NO4S/c1-13(2)21-16(18)15-10-6-7-11-17(15)22(19,20)12-14-8-4-3-5-9-14/h3-5,8-9,13,15H,6-7,10-12H2,1-2H3. The van der Waals surface area contributed by atoms with E-state index in [1.54, 1.807) is 26.0 Å². The molecule has 5 nitrogen and oxygen atoms in total. The number of hydrogen-bond acceptors (Lipinski definition) is 4. The fourth-order valence-corrected chi connectivity index (χ4v) is 4.42. The molecule has 1 aromatic carbocycles. The molecule has 0 aromatic heterocycles. The average molecular weight is 325 g/mol. The molecule has 1 aromatic rings. The molecule has 2 rings (SSSR count). The molecule has 0 bridgehead atoms. The lowest BCUT2D eigenvalue weighted by Crippen LogP contribution is -2.49. The smallest absolute Gasteiger partial charge is 0.324 e. The van der Waals surface area contributed by atoms with Crippen LogP contribution in [0.2, 0.25) is 0 Å². The molecule has 22 heavy (non-hydrogen) atoms. The summed E-state index contributed by atoms with van der Waals surface area (Å²) >= 11 is 0. The van der Waals surface area contributed by atoms with Gasteiger partial charge >= 0.3 is 5.97 Å². The van der Waals surface area contributed by atoms with Crippen molar-refractivity contribution in [1.82, 2.24) is 4.31 Å². The van der Waals surface area contributed by atoms with Gasteiger partial charge in [-0.25, -0.2) is 8.42 Å².